The molecule has 1 aliphatic carbocycles. The summed E-state index contributed by atoms with van der Waals surface area (Å²) in [6.07, 6.45) is 4.47. The zero-order valence-electron chi connectivity index (χ0n) is 10.9. The monoisotopic (exact) mass is 269 g/mol. The van der Waals surface area contributed by atoms with Crippen LogP contribution in [0.2, 0.25) is 5.02 Å². The van der Waals surface area contributed by atoms with E-state index in [1.807, 2.05) is 12.1 Å². The molecule has 2 unspecified atom stereocenters. The highest BCUT2D eigenvalue weighted by Crippen LogP contribution is 2.37. The lowest BCUT2D eigenvalue weighted by atomic mass is 9.70. The van der Waals surface area contributed by atoms with Crippen LogP contribution in [0.15, 0.2) is 18.2 Å². The van der Waals surface area contributed by atoms with Crippen molar-refractivity contribution in [2.45, 2.75) is 32.6 Å². The largest absolute Gasteiger partial charge is 0.316 e. The van der Waals surface area contributed by atoms with Gasteiger partial charge >= 0.3 is 0 Å². The Bertz CT molecular complexity index is 394. The molecule has 0 aromatic heterocycles. The smallest absolute Gasteiger partial charge is 0.144 e. The van der Waals surface area contributed by atoms with Crippen LogP contribution in [0.1, 0.15) is 31.7 Å². The summed E-state index contributed by atoms with van der Waals surface area (Å²) < 4.78 is 13.8. The fourth-order valence-corrected chi connectivity index (χ4v) is 2.82. The average Bonchev–Trinajstić information content (AvgIpc) is 2.35. The van der Waals surface area contributed by atoms with E-state index in [0.717, 1.165) is 25.1 Å². The molecule has 0 bridgehead atoms. The van der Waals surface area contributed by atoms with Gasteiger partial charge in [-0.2, -0.15) is 0 Å². The molecule has 0 spiro atoms. The Labute approximate surface area is 114 Å². The maximum absolute atomic E-state index is 13.8. The zero-order chi connectivity index (χ0) is 13.0. The van der Waals surface area contributed by atoms with E-state index in [1.54, 1.807) is 6.07 Å². The highest BCUT2D eigenvalue weighted by molar-refractivity contribution is 6.30. The van der Waals surface area contributed by atoms with Gasteiger partial charge in [-0.1, -0.05) is 30.7 Å². The lowest BCUT2D eigenvalue weighted by molar-refractivity contribution is 0.170. The molecular weight excluding hydrogens is 249 g/mol. The molecule has 1 aromatic carbocycles. The molecule has 3 heteroatoms. The molecule has 0 heterocycles. The first-order chi connectivity index (χ1) is 8.72. The maximum Gasteiger partial charge on any atom is 0.144 e. The van der Waals surface area contributed by atoms with Crippen molar-refractivity contribution in [2.24, 2.45) is 11.8 Å². The van der Waals surface area contributed by atoms with Crippen molar-refractivity contribution in [1.82, 2.24) is 5.32 Å². The summed E-state index contributed by atoms with van der Waals surface area (Å²) in [7, 11) is 0. The van der Waals surface area contributed by atoms with Gasteiger partial charge in [0, 0.05) is 0 Å². The second-order valence-corrected chi connectivity index (χ2v) is 5.63. The molecule has 1 N–H and O–H groups in total. The second kappa shape index (κ2) is 6.53. The Morgan fingerprint density at radius 2 is 2.11 bits per heavy atom. The van der Waals surface area contributed by atoms with E-state index in [1.165, 1.54) is 19.3 Å². The SMILES string of the molecule is CCCNCC1CCC1Cc1cccc(Cl)c1F. The normalized spacial score (nSPS) is 22.8. The van der Waals surface area contributed by atoms with Gasteiger partial charge in [-0.15, -0.1) is 0 Å². The van der Waals surface area contributed by atoms with E-state index in [4.69, 9.17) is 11.6 Å². The lowest BCUT2D eigenvalue weighted by Gasteiger charge is -2.37. The van der Waals surface area contributed by atoms with E-state index < -0.39 is 0 Å². The van der Waals surface area contributed by atoms with Gasteiger partial charge in [0.25, 0.3) is 0 Å². The summed E-state index contributed by atoms with van der Waals surface area (Å²) >= 11 is 5.81. The molecule has 1 aliphatic rings. The molecule has 0 saturated heterocycles. The summed E-state index contributed by atoms with van der Waals surface area (Å²) in [6, 6.07) is 5.31. The van der Waals surface area contributed by atoms with Crippen LogP contribution in [-0.2, 0) is 6.42 Å². The predicted octanol–water partition coefficient (Wildman–Crippen LogP) is 4.05. The fourth-order valence-electron chi connectivity index (χ4n) is 2.63. The first-order valence-electron chi connectivity index (χ1n) is 6.86. The van der Waals surface area contributed by atoms with E-state index in [2.05, 4.69) is 12.2 Å². The quantitative estimate of drug-likeness (QED) is 0.769. The van der Waals surface area contributed by atoms with E-state index in [0.29, 0.717) is 11.8 Å². The Hall–Kier alpha value is -0.600. The van der Waals surface area contributed by atoms with Crippen molar-refractivity contribution in [1.29, 1.82) is 0 Å². The minimum Gasteiger partial charge on any atom is -0.316 e. The molecule has 0 amide bonds. The Morgan fingerprint density at radius 3 is 2.78 bits per heavy atom. The van der Waals surface area contributed by atoms with Crippen molar-refractivity contribution in [3.8, 4) is 0 Å². The Morgan fingerprint density at radius 1 is 1.33 bits per heavy atom. The first kappa shape index (κ1) is 13.8. The summed E-state index contributed by atoms with van der Waals surface area (Å²) in [5.74, 6) is 1.09. The van der Waals surface area contributed by atoms with Crippen LogP contribution in [0.5, 0.6) is 0 Å². The average molecular weight is 270 g/mol. The van der Waals surface area contributed by atoms with Crippen molar-refractivity contribution in [3.63, 3.8) is 0 Å². The lowest BCUT2D eigenvalue weighted by Crippen LogP contribution is -2.36. The number of hydrogen-bond donors (Lipinski definition) is 1. The zero-order valence-corrected chi connectivity index (χ0v) is 11.6. The summed E-state index contributed by atoms with van der Waals surface area (Å²) in [5, 5.41) is 3.70. The number of benzene rings is 1. The Kier molecular flexibility index (Phi) is 5.02. The molecule has 0 aliphatic heterocycles. The van der Waals surface area contributed by atoms with E-state index >= 15 is 0 Å². The van der Waals surface area contributed by atoms with Crippen molar-refractivity contribution in [2.75, 3.05) is 13.1 Å². The number of halogens is 2. The fraction of sp³-hybridized carbons (Fsp3) is 0.600. The van der Waals surface area contributed by atoms with Gasteiger partial charge in [0.1, 0.15) is 5.82 Å². The first-order valence-corrected chi connectivity index (χ1v) is 7.23. The van der Waals surface area contributed by atoms with Crippen LogP contribution in [0.3, 0.4) is 0 Å². The van der Waals surface area contributed by atoms with E-state index in [9.17, 15) is 4.39 Å². The minimum atomic E-state index is -0.230. The topological polar surface area (TPSA) is 12.0 Å². The third-order valence-electron chi connectivity index (χ3n) is 3.92. The van der Waals surface area contributed by atoms with Crippen LogP contribution in [0.4, 0.5) is 4.39 Å². The molecule has 100 valence electrons. The maximum atomic E-state index is 13.8. The minimum absolute atomic E-state index is 0.230. The molecule has 1 fully saturated rings. The number of rotatable bonds is 6. The molecule has 2 atom stereocenters. The Balaban J connectivity index is 1.87. The third kappa shape index (κ3) is 3.24. The van der Waals surface area contributed by atoms with Crippen LogP contribution < -0.4 is 5.32 Å². The van der Waals surface area contributed by atoms with Gasteiger partial charge in [0.05, 0.1) is 5.02 Å². The summed E-state index contributed by atoms with van der Waals surface area (Å²) in [4.78, 5) is 0. The van der Waals surface area contributed by atoms with Crippen LogP contribution in [0.25, 0.3) is 0 Å². The van der Waals surface area contributed by atoms with Crippen LogP contribution >= 0.6 is 11.6 Å². The van der Waals surface area contributed by atoms with Gasteiger partial charge in [-0.3, -0.25) is 0 Å². The van der Waals surface area contributed by atoms with Crippen molar-refractivity contribution in [3.05, 3.63) is 34.6 Å². The molecule has 1 saturated carbocycles. The van der Waals surface area contributed by atoms with Gasteiger partial charge < -0.3 is 5.32 Å². The van der Waals surface area contributed by atoms with Crippen LogP contribution in [-0.4, -0.2) is 13.1 Å². The second-order valence-electron chi connectivity index (χ2n) is 5.22. The molecule has 18 heavy (non-hydrogen) atoms. The van der Waals surface area contributed by atoms with Gasteiger partial charge in [0.15, 0.2) is 0 Å². The van der Waals surface area contributed by atoms with Gasteiger partial charge in [0.2, 0.25) is 0 Å². The van der Waals surface area contributed by atoms with Crippen molar-refractivity contribution >= 4 is 11.6 Å². The van der Waals surface area contributed by atoms with Gasteiger partial charge in [-0.25, -0.2) is 4.39 Å². The van der Waals surface area contributed by atoms with Crippen LogP contribution in [0, 0.1) is 17.7 Å². The molecule has 0 radical (unpaired) electrons. The standard InChI is InChI=1S/C15H21ClFN/c1-2-8-18-10-13-7-6-11(13)9-12-4-3-5-14(16)15(12)17/h3-5,11,13,18H,2,6-10H2,1H3. The number of nitrogens with one attached hydrogen (secondary N) is 1. The highest BCUT2D eigenvalue weighted by atomic mass is 35.5. The molecule has 1 aromatic rings. The third-order valence-corrected chi connectivity index (χ3v) is 4.21. The summed E-state index contributed by atoms with van der Waals surface area (Å²) in [5.41, 5.74) is 0.771. The highest BCUT2D eigenvalue weighted by Gasteiger charge is 2.30. The van der Waals surface area contributed by atoms with Gasteiger partial charge in [-0.05, 0) is 62.2 Å². The summed E-state index contributed by atoms with van der Waals surface area (Å²) in [6.45, 7) is 4.32. The van der Waals surface area contributed by atoms with Crippen molar-refractivity contribution < 1.29 is 4.39 Å². The molecular formula is C15H21ClFN. The van der Waals surface area contributed by atoms with E-state index in [-0.39, 0.29) is 10.8 Å². The molecule has 1 nitrogen and oxygen atoms in total. The number of hydrogen-bond acceptors (Lipinski definition) is 1. The molecule has 2 rings (SSSR count). The predicted molar refractivity (Wildman–Crippen MR) is 74.5 cm³/mol.